The van der Waals surface area contributed by atoms with Gasteiger partial charge in [-0.3, -0.25) is 0 Å². The van der Waals surface area contributed by atoms with Crippen LogP contribution in [-0.4, -0.2) is 0 Å². The summed E-state index contributed by atoms with van der Waals surface area (Å²) in [5, 5.41) is 7.86. The van der Waals surface area contributed by atoms with Crippen molar-refractivity contribution in [3.05, 3.63) is 235 Å². The molecule has 0 saturated heterocycles. The van der Waals surface area contributed by atoms with E-state index in [-0.39, 0.29) is 10.8 Å². The Balaban J connectivity index is 1.04. The highest BCUT2D eigenvalue weighted by Gasteiger charge is 2.39. The summed E-state index contributed by atoms with van der Waals surface area (Å²) in [7, 11) is 0. The van der Waals surface area contributed by atoms with Gasteiger partial charge in [-0.05, 0) is 158 Å². The standard InChI is InChI=1S/C66H47N/c1-65(2)59-30-16-15-27-51(59)57-36-40(33-35-60(57)65)67(63-31-17-29-54-48-23-10-7-20-44(48)42-18-5-6-19-43(42)47-24-13-14-28-53(47)64(54)63)41-32-34-52-58-38-55-49-25-11-8-21-45(49)46-22-9-12-26-50(46)56(55)39-62(58)66(3,4)61(52)37-41/h5-39H,1-4H3. The normalized spacial score (nSPS) is 14.2. The number of nitrogens with zero attached hydrogens (tertiary/aromatic N) is 1. The fourth-order valence-electron chi connectivity index (χ4n) is 12.6. The van der Waals surface area contributed by atoms with Crippen LogP contribution >= 0.6 is 0 Å². The zero-order valence-electron chi connectivity index (χ0n) is 38.2. The van der Waals surface area contributed by atoms with Crippen molar-refractivity contribution in [1.82, 2.24) is 0 Å². The summed E-state index contributed by atoms with van der Waals surface area (Å²) in [6, 6.07) is 80.4. The van der Waals surface area contributed by atoms with E-state index in [4.69, 9.17) is 0 Å². The Morgan fingerprint density at radius 2 is 0.657 bits per heavy atom. The lowest BCUT2D eigenvalue weighted by atomic mass is 9.80. The molecule has 11 aromatic carbocycles. The summed E-state index contributed by atoms with van der Waals surface area (Å²) >= 11 is 0. The van der Waals surface area contributed by atoms with E-state index in [0.717, 1.165) is 17.1 Å². The Hall–Kier alpha value is -8.00. The maximum Gasteiger partial charge on any atom is 0.0546 e. The van der Waals surface area contributed by atoms with Gasteiger partial charge in [0.1, 0.15) is 0 Å². The molecular formula is C66H47N. The van der Waals surface area contributed by atoms with Gasteiger partial charge in [-0.2, -0.15) is 0 Å². The minimum Gasteiger partial charge on any atom is -0.310 e. The third-order valence-corrected chi connectivity index (χ3v) is 15.8. The monoisotopic (exact) mass is 853 g/mol. The van der Waals surface area contributed by atoms with Crippen LogP contribution in [0.5, 0.6) is 0 Å². The van der Waals surface area contributed by atoms with Crippen molar-refractivity contribution in [1.29, 1.82) is 0 Å². The van der Waals surface area contributed by atoms with Crippen LogP contribution in [0.1, 0.15) is 49.9 Å². The third kappa shape index (κ3) is 5.26. The largest absolute Gasteiger partial charge is 0.310 e. The van der Waals surface area contributed by atoms with Gasteiger partial charge >= 0.3 is 0 Å². The molecule has 0 heterocycles. The molecule has 1 nitrogen and oxygen atoms in total. The minimum absolute atomic E-state index is 0.100. The first-order valence-corrected chi connectivity index (χ1v) is 23.8. The Labute approximate surface area is 392 Å². The molecule has 0 radical (unpaired) electrons. The molecule has 0 bridgehead atoms. The average Bonchev–Trinajstić information content (AvgIpc) is 3.73. The van der Waals surface area contributed by atoms with Crippen LogP contribution < -0.4 is 4.90 Å². The fraction of sp³-hybridized carbons (Fsp3) is 0.0909. The topological polar surface area (TPSA) is 3.24 Å². The Kier molecular flexibility index (Phi) is 7.87. The molecule has 0 aromatic heterocycles. The molecule has 67 heavy (non-hydrogen) atoms. The van der Waals surface area contributed by atoms with E-state index in [1.165, 1.54) is 121 Å². The molecule has 0 amide bonds. The smallest absolute Gasteiger partial charge is 0.0546 e. The Morgan fingerprint density at radius 3 is 1.30 bits per heavy atom. The number of benzene rings is 11. The number of fused-ring (bicyclic) bond motifs is 20. The van der Waals surface area contributed by atoms with Crippen LogP contribution in [0.15, 0.2) is 212 Å². The van der Waals surface area contributed by atoms with E-state index >= 15 is 0 Å². The molecule has 3 aliphatic carbocycles. The first-order chi connectivity index (χ1) is 32.8. The fourth-order valence-corrected chi connectivity index (χ4v) is 12.6. The van der Waals surface area contributed by atoms with Gasteiger partial charge in [0.25, 0.3) is 0 Å². The van der Waals surface area contributed by atoms with Crippen molar-refractivity contribution in [2.75, 3.05) is 4.90 Å². The molecule has 0 N–H and O–H groups in total. The van der Waals surface area contributed by atoms with Gasteiger partial charge in [-0.15, -0.1) is 0 Å². The van der Waals surface area contributed by atoms with E-state index < -0.39 is 0 Å². The summed E-state index contributed by atoms with van der Waals surface area (Å²) in [5.74, 6) is 0. The predicted octanol–water partition coefficient (Wildman–Crippen LogP) is 18.2. The highest BCUT2D eigenvalue weighted by atomic mass is 15.1. The van der Waals surface area contributed by atoms with Gasteiger partial charge in [-0.1, -0.05) is 198 Å². The van der Waals surface area contributed by atoms with Crippen molar-refractivity contribution >= 4 is 49.4 Å². The van der Waals surface area contributed by atoms with Crippen LogP contribution in [-0.2, 0) is 10.8 Å². The Morgan fingerprint density at radius 1 is 0.254 bits per heavy atom. The van der Waals surface area contributed by atoms with Crippen LogP contribution in [0.4, 0.5) is 17.1 Å². The maximum atomic E-state index is 2.57. The molecular weight excluding hydrogens is 807 g/mol. The SMILES string of the molecule is CC1(C)c2ccccc2-c2cc(N(c3ccc4c(c3)C(C)(C)c3cc5c6ccccc6c6ccccc6c5cc3-4)c3cccc4c3-c3ccccc3-c3ccccc3-c3ccccc3-4)ccc21. The maximum absolute atomic E-state index is 2.57. The second-order valence-electron chi connectivity index (χ2n) is 20.0. The molecule has 0 saturated carbocycles. The summed E-state index contributed by atoms with van der Waals surface area (Å²) < 4.78 is 0. The molecule has 14 rings (SSSR count). The lowest BCUT2D eigenvalue weighted by molar-refractivity contribution is 0.660. The second kappa shape index (κ2) is 13.8. The zero-order chi connectivity index (χ0) is 44.8. The van der Waals surface area contributed by atoms with Gasteiger partial charge < -0.3 is 4.90 Å². The lowest BCUT2D eigenvalue weighted by Crippen LogP contribution is -2.17. The molecule has 0 aliphatic heterocycles. The highest BCUT2D eigenvalue weighted by Crippen LogP contribution is 2.57. The quantitative estimate of drug-likeness (QED) is 0.160. The van der Waals surface area contributed by atoms with Gasteiger partial charge in [0.05, 0.1) is 5.69 Å². The van der Waals surface area contributed by atoms with Crippen molar-refractivity contribution in [3.63, 3.8) is 0 Å². The van der Waals surface area contributed by atoms with Crippen LogP contribution in [0.3, 0.4) is 0 Å². The molecule has 316 valence electrons. The molecule has 0 atom stereocenters. The van der Waals surface area contributed by atoms with Gasteiger partial charge in [-0.25, -0.2) is 0 Å². The highest BCUT2D eigenvalue weighted by molar-refractivity contribution is 6.26. The molecule has 0 fully saturated rings. The van der Waals surface area contributed by atoms with Crippen LogP contribution in [0.2, 0.25) is 0 Å². The molecule has 1 heteroatoms. The predicted molar refractivity (Wildman–Crippen MR) is 284 cm³/mol. The van der Waals surface area contributed by atoms with Gasteiger partial charge in [0, 0.05) is 27.8 Å². The molecule has 0 spiro atoms. The van der Waals surface area contributed by atoms with E-state index in [2.05, 4.69) is 245 Å². The second-order valence-corrected chi connectivity index (χ2v) is 20.0. The van der Waals surface area contributed by atoms with E-state index in [0.29, 0.717) is 0 Å². The van der Waals surface area contributed by atoms with E-state index in [1.54, 1.807) is 0 Å². The first kappa shape index (κ1) is 38.3. The van der Waals surface area contributed by atoms with Crippen molar-refractivity contribution in [2.24, 2.45) is 0 Å². The molecule has 11 aromatic rings. The van der Waals surface area contributed by atoms with E-state index in [1.807, 2.05) is 0 Å². The third-order valence-electron chi connectivity index (χ3n) is 15.8. The zero-order valence-corrected chi connectivity index (χ0v) is 38.2. The summed E-state index contributed by atoms with van der Waals surface area (Å²) in [5.41, 5.74) is 23.8. The van der Waals surface area contributed by atoms with Crippen molar-refractivity contribution in [3.8, 4) is 66.8 Å². The number of hydrogen-bond acceptors (Lipinski definition) is 1. The van der Waals surface area contributed by atoms with Crippen LogP contribution in [0, 0.1) is 0 Å². The number of anilines is 3. The van der Waals surface area contributed by atoms with Crippen LogP contribution in [0.25, 0.3) is 99.1 Å². The van der Waals surface area contributed by atoms with Gasteiger partial charge in [0.15, 0.2) is 0 Å². The lowest BCUT2D eigenvalue weighted by Gasteiger charge is -2.32. The van der Waals surface area contributed by atoms with E-state index in [9.17, 15) is 0 Å². The van der Waals surface area contributed by atoms with Crippen molar-refractivity contribution < 1.29 is 0 Å². The van der Waals surface area contributed by atoms with Gasteiger partial charge in [0.2, 0.25) is 0 Å². The number of rotatable bonds is 3. The number of hydrogen-bond donors (Lipinski definition) is 0. The summed E-state index contributed by atoms with van der Waals surface area (Å²) in [4.78, 5) is 2.57. The first-order valence-electron chi connectivity index (χ1n) is 23.8. The molecule has 0 unspecified atom stereocenters. The summed E-state index contributed by atoms with van der Waals surface area (Å²) in [6.45, 7) is 9.60. The molecule has 3 aliphatic rings. The average molecular weight is 854 g/mol. The minimum atomic E-state index is -0.255. The summed E-state index contributed by atoms with van der Waals surface area (Å²) in [6.07, 6.45) is 0. The van der Waals surface area contributed by atoms with Crippen molar-refractivity contribution in [2.45, 2.75) is 38.5 Å². The Bertz CT molecular complexity index is 3930.